The maximum atomic E-state index is 14.9. The summed E-state index contributed by atoms with van der Waals surface area (Å²) >= 11 is 0. The van der Waals surface area contributed by atoms with Crippen molar-refractivity contribution in [2.45, 2.75) is 40.2 Å². The number of pyridine rings is 2. The molecule has 1 aliphatic rings. The summed E-state index contributed by atoms with van der Waals surface area (Å²) in [6.07, 6.45) is 4.76. The van der Waals surface area contributed by atoms with Crippen LogP contribution in [0.4, 0.5) is 10.1 Å². The van der Waals surface area contributed by atoms with Crippen LogP contribution in [0, 0.1) is 11.2 Å². The molecule has 1 fully saturated rings. The number of nitrogens with zero attached hydrogens (tertiary/aromatic N) is 3. The zero-order valence-corrected chi connectivity index (χ0v) is 16.8. The fourth-order valence-corrected chi connectivity index (χ4v) is 4.14. The monoisotopic (exact) mass is 397 g/mol. The summed E-state index contributed by atoms with van der Waals surface area (Å²) in [6, 6.07) is 2.88. The first-order chi connectivity index (χ1) is 13.7. The maximum Gasteiger partial charge on any atom is 0.341 e. The highest BCUT2D eigenvalue weighted by atomic mass is 19.1. The summed E-state index contributed by atoms with van der Waals surface area (Å²) in [4.78, 5) is 31.1. The van der Waals surface area contributed by atoms with E-state index in [1.54, 1.807) is 10.8 Å². The van der Waals surface area contributed by atoms with Gasteiger partial charge in [0.15, 0.2) is 0 Å². The van der Waals surface area contributed by atoms with Crippen molar-refractivity contribution in [3.63, 3.8) is 0 Å². The number of aromatic nitrogens is 2. The van der Waals surface area contributed by atoms with Crippen LogP contribution in [0.2, 0.25) is 0 Å². The van der Waals surface area contributed by atoms with Crippen molar-refractivity contribution in [3.8, 4) is 0 Å². The average Bonchev–Trinajstić information content (AvgIpc) is 2.68. The minimum atomic E-state index is -1.27. The van der Waals surface area contributed by atoms with Gasteiger partial charge in [0.25, 0.3) is 0 Å². The van der Waals surface area contributed by atoms with E-state index in [4.69, 9.17) is 0 Å². The fourth-order valence-electron chi connectivity index (χ4n) is 4.14. The molecule has 1 N–H and O–H groups in total. The quantitative estimate of drug-likeness (QED) is 0.675. The highest BCUT2D eigenvalue weighted by molar-refractivity contribution is 6.09. The van der Waals surface area contributed by atoms with Gasteiger partial charge in [-0.15, -0.1) is 0 Å². The molecule has 2 aromatic heterocycles. The van der Waals surface area contributed by atoms with Crippen LogP contribution in [-0.4, -0.2) is 33.7 Å². The van der Waals surface area contributed by atoms with Crippen LogP contribution in [0.3, 0.4) is 0 Å². The van der Waals surface area contributed by atoms with E-state index in [0.717, 1.165) is 12.8 Å². The van der Waals surface area contributed by atoms with Crippen molar-refractivity contribution in [2.24, 2.45) is 5.41 Å². The minimum Gasteiger partial charge on any atom is -0.477 e. The second-order valence-electron chi connectivity index (χ2n) is 8.42. The van der Waals surface area contributed by atoms with Crippen molar-refractivity contribution < 1.29 is 14.3 Å². The van der Waals surface area contributed by atoms with Crippen molar-refractivity contribution in [1.82, 2.24) is 9.55 Å². The normalized spacial score (nSPS) is 16.5. The zero-order chi connectivity index (χ0) is 20.9. The molecule has 0 amide bonds. The lowest BCUT2D eigenvalue weighted by atomic mass is 9.82. The number of aryl methyl sites for hydroxylation is 1. The number of rotatable bonds is 3. The van der Waals surface area contributed by atoms with Gasteiger partial charge < -0.3 is 14.6 Å². The summed E-state index contributed by atoms with van der Waals surface area (Å²) in [5.41, 5.74) is 0.692. The third-order valence-corrected chi connectivity index (χ3v) is 6.01. The lowest BCUT2D eigenvalue weighted by molar-refractivity contribution is 0.0695. The first-order valence-corrected chi connectivity index (χ1v) is 9.86. The molecule has 1 aliphatic heterocycles. The SMILES string of the molecule is CCn1cc(C(=O)O)c(=O)c2c3ccc(F)c(N4CCC(C)(C)CC4)c3ncc21. The lowest BCUT2D eigenvalue weighted by Crippen LogP contribution is -2.38. The van der Waals surface area contributed by atoms with Gasteiger partial charge in [-0.05, 0) is 37.3 Å². The number of hydrogen-bond donors (Lipinski definition) is 1. The van der Waals surface area contributed by atoms with Crippen LogP contribution in [0.1, 0.15) is 44.0 Å². The smallest absolute Gasteiger partial charge is 0.341 e. The number of carboxylic acids is 1. The van der Waals surface area contributed by atoms with E-state index >= 15 is 0 Å². The van der Waals surface area contributed by atoms with Crippen LogP contribution in [0.5, 0.6) is 0 Å². The molecule has 0 atom stereocenters. The Hall–Kier alpha value is -2.96. The van der Waals surface area contributed by atoms with Crippen molar-refractivity contribution in [2.75, 3.05) is 18.0 Å². The molecule has 29 heavy (non-hydrogen) atoms. The summed E-state index contributed by atoms with van der Waals surface area (Å²) in [5.74, 6) is -1.65. The van der Waals surface area contributed by atoms with Crippen LogP contribution >= 0.6 is 0 Å². The van der Waals surface area contributed by atoms with Crippen molar-refractivity contribution >= 4 is 33.5 Å². The zero-order valence-electron chi connectivity index (χ0n) is 16.8. The molecule has 1 saturated heterocycles. The highest BCUT2D eigenvalue weighted by Gasteiger charge is 2.28. The Morgan fingerprint density at radius 1 is 1.28 bits per heavy atom. The summed E-state index contributed by atoms with van der Waals surface area (Å²) < 4.78 is 16.6. The Labute approximate surface area is 167 Å². The molecule has 0 aliphatic carbocycles. The third kappa shape index (κ3) is 3.14. The topological polar surface area (TPSA) is 75.4 Å². The average molecular weight is 397 g/mol. The van der Waals surface area contributed by atoms with Crippen LogP contribution in [0.25, 0.3) is 21.8 Å². The number of aromatic carboxylic acids is 1. The summed E-state index contributed by atoms with van der Waals surface area (Å²) in [7, 11) is 0. The van der Waals surface area contributed by atoms with E-state index in [1.807, 2.05) is 11.8 Å². The lowest BCUT2D eigenvalue weighted by Gasteiger charge is -2.38. The van der Waals surface area contributed by atoms with Gasteiger partial charge in [0, 0.05) is 31.2 Å². The van der Waals surface area contributed by atoms with Gasteiger partial charge in [-0.3, -0.25) is 9.78 Å². The van der Waals surface area contributed by atoms with Gasteiger partial charge in [0.2, 0.25) is 5.43 Å². The second-order valence-corrected chi connectivity index (χ2v) is 8.42. The molecule has 6 nitrogen and oxygen atoms in total. The molecule has 7 heteroatoms. The number of carbonyl (C=O) groups is 1. The highest BCUT2D eigenvalue weighted by Crippen LogP contribution is 2.37. The van der Waals surface area contributed by atoms with E-state index in [-0.39, 0.29) is 22.2 Å². The van der Waals surface area contributed by atoms with Crippen molar-refractivity contribution in [3.05, 3.63) is 46.1 Å². The molecule has 1 aromatic carbocycles. The summed E-state index contributed by atoms with van der Waals surface area (Å²) in [5, 5.41) is 10.2. The van der Waals surface area contributed by atoms with Crippen LogP contribution in [0.15, 0.2) is 29.3 Å². The van der Waals surface area contributed by atoms with Gasteiger partial charge in [0.1, 0.15) is 11.4 Å². The number of halogens is 1. The molecule has 4 rings (SSSR count). The van der Waals surface area contributed by atoms with Gasteiger partial charge >= 0.3 is 5.97 Å². The number of anilines is 1. The molecular formula is C22H24FN3O3. The van der Waals surface area contributed by atoms with Gasteiger partial charge in [-0.2, -0.15) is 0 Å². The molecule has 0 spiro atoms. The van der Waals surface area contributed by atoms with E-state index in [1.165, 1.54) is 18.3 Å². The molecule has 0 saturated carbocycles. The first kappa shape index (κ1) is 19.4. The van der Waals surface area contributed by atoms with Crippen LogP contribution in [-0.2, 0) is 6.54 Å². The number of benzene rings is 1. The standard InChI is InChI=1S/C22H24FN3O3/c1-4-25-12-14(21(28)29)20(27)17-13-5-6-15(23)19(18(13)24-11-16(17)25)26-9-7-22(2,3)8-10-26/h5-6,11-12H,4,7-10H2,1-3H3,(H,28,29). The van der Waals surface area contributed by atoms with Gasteiger partial charge in [-0.1, -0.05) is 13.8 Å². The number of hydrogen-bond acceptors (Lipinski definition) is 4. The van der Waals surface area contributed by atoms with Gasteiger partial charge in [0.05, 0.1) is 28.3 Å². The Bertz CT molecular complexity index is 1190. The first-order valence-electron chi connectivity index (χ1n) is 9.86. The molecule has 3 heterocycles. The van der Waals surface area contributed by atoms with E-state index in [2.05, 4.69) is 18.8 Å². The Balaban J connectivity index is 2.02. The molecule has 0 radical (unpaired) electrons. The molecule has 0 unspecified atom stereocenters. The molecule has 0 bridgehead atoms. The van der Waals surface area contributed by atoms with Crippen molar-refractivity contribution in [1.29, 1.82) is 0 Å². The Morgan fingerprint density at radius 2 is 1.97 bits per heavy atom. The maximum absolute atomic E-state index is 14.9. The Morgan fingerprint density at radius 3 is 2.59 bits per heavy atom. The number of piperidine rings is 1. The minimum absolute atomic E-state index is 0.211. The summed E-state index contributed by atoms with van der Waals surface area (Å²) in [6.45, 7) is 8.17. The van der Waals surface area contributed by atoms with E-state index in [9.17, 15) is 19.1 Å². The number of fused-ring (bicyclic) bond motifs is 3. The molecule has 152 valence electrons. The fraction of sp³-hybridized carbons (Fsp3) is 0.409. The molecule has 3 aromatic rings. The predicted octanol–water partition coefficient (Wildman–Crippen LogP) is 4.03. The van der Waals surface area contributed by atoms with Crippen LogP contribution < -0.4 is 10.3 Å². The second kappa shape index (κ2) is 6.83. The van der Waals surface area contributed by atoms with Gasteiger partial charge in [-0.25, -0.2) is 9.18 Å². The number of carboxylic acid groups (broad SMARTS) is 1. The predicted molar refractivity (Wildman–Crippen MR) is 111 cm³/mol. The third-order valence-electron chi connectivity index (χ3n) is 6.01. The van der Waals surface area contributed by atoms with E-state index in [0.29, 0.717) is 41.7 Å². The molecular weight excluding hydrogens is 373 g/mol. The Kier molecular flexibility index (Phi) is 4.56. The largest absolute Gasteiger partial charge is 0.477 e. The van der Waals surface area contributed by atoms with E-state index < -0.39 is 11.4 Å².